The quantitative estimate of drug-likeness (QED) is 0.831. The number of piperidine rings is 1. The number of nitrogens with zero attached hydrogens (tertiary/aromatic N) is 5. The van der Waals surface area contributed by atoms with Crippen LogP contribution in [0.25, 0.3) is 0 Å². The zero-order chi connectivity index (χ0) is 18.6. The van der Waals surface area contributed by atoms with Crippen LogP contribution in [0.5, 0.6) is 5.88 Å². The van der Waals surface area contributed by atoms with Crippen molar-refractivity contribution in [2.45, 2.75) is 19.0 Å². The van der Waals surface area contributed by atoms with Gasteiger partial charge in [0.15, 0.2) is 11.5 Å². The third kappa shape index (κ3) is 4.20. The van der Waals surface area contributed by atoms with Gasteiger partial charge < -0.3 is 9.64 Å². The summed E-state index contributed by atoms with van der Waals surface area (Å²) >= 11 is 0. The topological polar surface area (TPSA) is 74.9 Å². The first kappa shape index (κ1) is 17.9. The summed E-state index contributed by atoms with van der Waals surface area (Å²) in [5.74, 6) is 0.738. The van der Waals surface area contributed by atoms with Gasteiger partial charge in [-0.15, -0.1) is 0 Å². The van der Waals surface area contributed by atoms with Gasteiger partial charge in [-0.2, -0.15) is 18.4 Å². The van der Waals surface area contributed by atoms with Crippen molar-refractivity contribution in [3.05, 3.63) is 42.0 Å². The van der Waals surface area contributed by atoms with Crippen LogP contribution in [0.1, 0.15) is 24.2 Å². The van der Waals surface area contributed by atoms with Crippen LogP contribution < -0.4 is 9.64 Å². The molecule has 0 amide bonds. The van der Waals surface area contributed by atoms with Crippen LogP contribution in [-0.4, -0.2) is 34.6 Å². The van der Waals surface area contributed by atoms with Crippen LogP contribution in [0.15, 0.2) is 30.6 Å². The van der Waals surface area contributed by atoms with Crippen molar-refractivity contribution in [1.82, 2.24) is 15.0 Å². The van der Waals surface area contributed by atoms with E-state index in [9.17, 15) is 13.2 Å². The number of anilines is 1. The molecule has 1 fully saturated rings. The normalized spacial score (nSPS) is 15.5. The van der Waals surface area contributed by atoms with Crippen molar-refractivity contribution < 1.29 is 17.9 Å². The second kappa shape index (κ2) is 7.56. The molecule has 0 unspecified atom stereocenters. The Hall–Kier alpha value is -2.89. The summed E-state index contributed by atoms with van der Waals surface area (Å²) in [5, 5.41) is 9.10. The Kier molecular flexibility index (Phi) is 5.21. The fraction of sp³-hybridized carbons (Fsp3) is 0.412. The second-order valence-electron chi connectivity index (χ2n) is 5.94. The van der Waals surface area contributed by atoms with Gasteiger partial charge in [-0.25, -0.2) is 15.0 Å². The van der Waals surface area contributed by atoms with Crippen LogP contribution in [-0.2, 0) is 6.18 Å². The van der Waals surface area contributed by atoms with Crippen molar-refractivity contribution in [2.24, 2.45) is 5.92 Å². The minimum Gasteiger partial charge on any atom is -0.477 e. The molecular weight excluding hydrogens is 347 g/mol. The fourth-order valence-electron chi connectivity index (χ4n) is 2.81. The highest BCUT2D eigenvalue weighted by molar-refractivity contribution is 5.49. The fourth-order valence-corrected chi connectivity index (χ4v) is 2.81. The van der Waals surface area contributed by atoms with E-state index in [0.29, 0.717) is 25.5 Å². The largest absolute Gasteiger partial charge is 0.477 e. The Morgan fingerprint density at radius 1 is 1.19 bits per heavy atom. The van der Waals surface area contributed by atoms with E-state index in [4.69, 9.17) is 10.00 Å². The molecule has 1 aliphatic rings. The van der Waals surface area contributed by atoms with Gasteiger partial charge in [0, 0.05) is 31.5 Å². The van der Waals surface area contributed by atoms with E-state index in [1.165, 1.54) is 18.3 Å². The zero-order valence-corrected chi connectivity index (χ0v) is 13.8. The summed E-state index contributed by atoms with van der Waals surface area (Å²) in [5.41, 5.74) is -0.674. The molecule has 0 spiro atoms. The Morgan fingerprint density at radius 2 is 1.92 bits per heavy atom. The van der Waals surface area contributed by atoms with Crippen LogP contribution in [0.3, 0.4) is 0 Å². The van der Waals surface area contributed by atoms with E-state index in [1.807, 2.05) is 11.0 Å². The van der Waals surface area contributed by atoms with Gasteiger partial charge in [0.1, 0.15) is 11.8 Å². The molecule has 3 heterocycles. The number of ether oxygens (including phenoxy) is 1. The molecule has 0 N–H and O–H groups in total. The van der Waals surface area contributed by atoms with E-state index in [2.05, 4.69) is 15.0 Å². The third-order valence-corrected chi connectivity index (χ3v) is 4.18. The molecule has 6 nitrogen and oxygen atoms in total. The molecule has 1 aliphatic heterocycles. The lowest BCUT2D eigenvalue weighted by molar-refractivity contribution is -0.141. The molecule has 3 rings (SSSR count). The van der Waals surface area contributed by atoms with Crippen molar-refractivity contribution in [1.29, 1.82) is 5.26 Å². The van der Waals surface area contributed by atoms with Gasteiger partial charge in [0.05, 0.1) is 6.61 Å². The summed E-state index contributed by atoms with van der Waals surface area (Å²) in [6.45, 7) is 1.66. The van der Waals surface area contributed by atoms with Crippen LogP contribution in [0.4, 0.5) is 19.0 Å². The molecule has 26 heavy (non-hydrogen) atoms. The molecule has 9 heteroatoms. The number of aromatic nitrogens is 3. The summed E-state index contributed by atoms with van der Waals surface area (Å²) in [6.07, 6.45) is 0.0933. The molecule has 0 aliphatic carbocycles. The van der Waals surface area contributed by atoms with Gasteiger partial charge in [-0.3, -0.25) is 0 Å². The molecular formula is C17H16F3N5O. The molecule has 2 aromatic heterocycles. The number of hydrogen-bond acceptors (Lipinski definition) is 6. The molecule has 0 atom stereocenters. The minimum absolute atomic E-state index is 0.0250. The summed E-state index contributed by atoms with van der Waals surface area (Å²) in [7, 11) is 0. The Morgan fingerprint density at radius 3 is 2.62 bits per heavy atom. The molecule has 1 saturated heterocycles. The van der Waals surface area contributed by atoms with Gasteiger partial charge in [0.25, 0.3) is 0 Å². The van der Waals surface area contributed by atoms with Crippen molar-refractivity contribution >= 4 is 5.82 Å². The first-order chi connectivity index (χ1) is 12.5. The average molecular weight is 363 g/mol. The lowest BCUT2D eigenvalue weighted by atomic mass is 9.98. The van der Waals surface area contributed by atoms with Crippen LogP contribution in [0, 0.1) is 17.2 Å². The number of alkyl halides is 3. The number of halogens is 3. The smallest absolute Gasteiger partial charge is 0.433 e. The Balaban J connectivity index is 1.54. The maximum Gasteiger partial charge on any atom is 0.433 e. The third-order valence-electron chi connectivity index (χ3n) is 4.18. The molecule has 2 aromatic rings. The highest BCUT2D eigenvalue weighted by atomic mass is 19.4. The summed E-state index contributed by atoms with van der Waals surface area (Å²) in [6, 6.07) is 5.65. The maximum absolute atomic E-state index is 12.7. The van der Waals surface area contributed by atoms with Crippen molar-refractivity contribution in [2.75, 3.05) is 24.6 Å². The van der Waals surface area contributed by atoms with Crippen molar-refractivity contribution in [3.63, 3.8) is 0 Å². The second-order valence-corrected chi connectivity index (χ2v) is 5.94. The van der Waals surface area contributed by atoms with E-state index >= 15 is 0 Å². The van der Waals surface area contributed by atoms with Crippen molar-refractivity contribution in [3.8, 4) is 11.9 Å². The predicted octanol–water partition coefficient (Wildman–Crippen LogP) is 3.06. The average Bonchev–Trinajstić information content (AvgIpc) is 2.66. The summed E-state index contributed by atoms with van der Waals surface area (Å²) in [4.78, 5) is 13.7. The monoisotopic (exact) mass is 363 g/mol. The highest BCUT2D eigenvalue weighted by Gasteiger charge is 2.32. The lowest BCUT2D eigenvalue weighted by Crippen LogP contribution is -2.36. The molecule has 0 bridgehead atoms. The molecule has 136 valence electrons. The number of rotatable bonds is 4. The maximum atomic E-state index is 12.7. The lowest BCUT2D eigenvalue weighted by Gasteiger charge is -2.32. The Labute approximate surface area is 148 Å². The first-order valence-electron chi connectivity index (χ1n) is 8.10. The van der Waals surface area contributed by atoms with E-state index in [1.54, 1.807) is 6.20 Å². The zero-order valence-electron chi connectivity index (χ0n) is 13.8. The van der Waals surface area contributed by atoms with Gasteiger partial charge in [-0.05, 0) is 24.8 Å². The van der Waals surface area contributed by atoms with Gasteiger partial charge in [0.2, 0.25) is 5.88 Å². The van der Waals surface area contributed by atoms with Gasteiger partial charge >= 0.3 is 6.18 Å². The molecule has 0 saturated carbocycles. The predicted molar refractivity (Wildman–Crippen MR) is 86.4 cm³/mol. The van der Waals surface area contributed by atoms with E-state index < -0.39 is 11.9 Å². The first-order valence-corrected chi connectivity index (χ1v) is 8.10. The van der Waals surface area contributed by atoms with Crippen LogP contribution in [0.2, 0.25) is 0 Å². The van der Waals surface area contributed by atoms with Gasteiger partial charge in [-0.1, -0.05) is 6.07 Å². The highest BCUT2D eigenvalue weighted by Crippen LogP contribution is 2.29. The number of nitriles is 1. The number of hydrogen-bond donors (Lipinski definition) is 0. The Bertz CT molecular complexity index is 797. The molecule has 0 aromatic carbocycles. The SMILES string of the molecule is N#Cc1nccnc1N1CCC(COc2cccc(C(F)(F)F)n2)CC1. The summed E-state index contributed by atoms with van der Waals surface area (Å²) < 4.78 is 43.5. The van der Waals surface area contributed by atoms with Crippen LogP contribution >= 0.6 is 0 Å². The standard InChI is InChI=1S/C17H16F3N5O/c18-17(19,20)14-2-1-3-15(24-14)26-11-12-4-8-25(9-5-12)16-13(10-21)22-6-7-23-16/h1-3,6-7,12H,4-5,8-9,11H2. The number of pyridine rings is 1. The molecule has 0 radical (unpaired) electrons. The minimum atomic E-state index is -4.49. The van der Waals surface area contributed by atoms with E-state index in [-0.39, 0.29) is 17.5 Å². The van der Waals surface area contributed by atoms with E-state index in [0.717, 1.165) is 18.9 Å².